The van der Waals surface area contributed by atoms with Gasteiger partial charge < -0.3 is 15.2 Å². The van der Waals surface area contributed by atoms with Gasteiger partial charge in [0, 0.05) is 25.6 Å². The van der Waals surface area contributed by atoms with Crippen LogP contribution in [0.5, 0.6) is 0 Å². The van der Waals surface area contributed by atoms with E-state index >= 15 is 0 Å². The topological polar surface area (TPSA) is 41.5 Å². The zero-order valence-corrected chi connectivity index (χ0v) is 11.8. The van der Waals surface area contributed by atoms with Crippen molar-refractivity contribution < 1.29 is 18.6 Å². The van der Waals surface area contributed by atoms with Gasteiger partial charge in [-0.2, -0.15) is 0 Å². The maximum absolute atomic E-state index is 13.3. The number of benzene rings is 1. The number of nitrogens with one attached hydrogen (secondary N) is 1. The third-order valence-electron chi connectivity index (χ3n) is 3.70. The standard InChI is InChI=1S/C15H21F2NO2/c1-10(2)14(11-3-4-12(16)13(17)7-11)18-8-15(19)5-6-20-9-15/h3-4,7,10,14,18-19H,5-6,8-9H2,1-2H3/t14-,15-/m1/s1. The van der Waals surface area contributed by atoms with Crippen molar-refractivity contribution in [2.45, 2.75) is 31.9 Å². The molecule has 3 nitrogen and oxygen atoms in total. The van der Waals surface area contributed by atoms with Crippen LogP contribution in [0.2, 0.25) is 0 Å². The highest BCUT2D eigenvalue weighted by atomic mass is 19.2. The van der Waals surface area contributed by atoms with Crippen LogP contribution in [-0.4, -0.2) is 30.5 Å². The number of aliphatic hydroxyl groups is 1. The lowest BCUT2D eigenvalue weighted by Crippen LogP contribution is -2.43. The zero-order chi connectivity index (χ0) is 14.8. The predicted octanol–water partition coefficient (Wildman–Crippen LogP) is 2.40. The van der Waals surface area contributed by atoms with Gasteiger partial charge in [0.1, 0.15) is 5.60 Å². The Morgan fingerprint density at radius 1 is 1.35 bits per heavy atom. The molecule has 112 valence electrons. The Balaban J connectivity index is 2.08. The van der Waals surface area contributed by atoms with Crippen LogP contribution >= 0.6 is 0 Å². The molecule has 0 aliphatic carbocycles. The summed E-state index contributed by atoms with van der Waals surface area (Å²) >= 11 is 0. The summed E-state index contributed by atoms with van der Waals surface area (Å²) < 4.78 is 31.5. The smallest absolute Gasteiger partial charge is 0.159 e. The summed E-state index contributed by atoms with van der Waals surface area (Å²) in [6, 6.07) is 3.78. The fraction of sp³-hybridized carbons (Fsp3) is 0.600. The highest BCUT2D eigenvalue weighted by Crippen LogP contribution is 2.25. The molecule has 0 unspecified atom stereocenters. The Bertz CT molecular complexity index is 459. The molecule has 1 aromatic carbocycles. The van der Waals surface area contributed by atoms with Gasteiger partial charge in [-0.1, -0.05) is 19.9 Å². The van der Waals surface area contributed by atoms with Gasteiger partial charge in [0.2, 0.25) is 0 Å². The lowest BCUT2D eigenvalue weighted by molar-refractivity contribution is 0.0234. The average Bonchev–Trinajstić information content (AvgIpc) is 2.80. The number of hydrogen-bond acceptors (Lipinski definition) is 3. The van der Waals surface area contributed by atoms with Crippen LogP contribution < -0.4 is 5.32 Å². The minimum atomic E-state index is -0.869. The van der Waals surface area contributed by atoms with Gasteiger partial charge in [-0.15, -0.1) is 0 Å². The molecular weight excluding hydrogens is 264 g/mol. The first-order valence-corrected chi connectivity index (χ1v) is 6.90. The van der Waals surface area contributed by atoms with Crippen LogP contribution in [-0.2, 0) is 4.74 Å². The van der Waals surface area contributed by atoms with Gasteiger partial charge in [0.25, 0.3) is 0 Å². The minimum absolute atomic E-state index is 0.144. The fourth-order valence-corrected chi connectivity index (χ4v) is 2.48. The molecule has 0 aromatic heterocycles. The van der Waals surface area contributed by atoms with E-state index in [1.807, 2.05) is 13.8 Å². The maximum Gasteiger partial charge on any atom is 0.159 e. The summed E-state index contributed by atoms with van der Waals surface area (Å²) in [6.45, 7) is 5.22. The SMILES string of the molecule is CC(C)[C@@H](NC[C@]1(O)CCOC1)c1ccc(F)c(F)c1. The first-order chi connectivity index (χ1) is 9.41. The van der Waals surface area contributed by atoms with Gasteiger partial charge in [-0.05, 0) is 23.6 Å². The first kappa shape index (κ1) is 15.4. The Labute approximate surface area is 117 Å². The van der Waals surface area contributed by atoms with Gasteiger partial charge in [0.15, 0.2) is 11.6 Å². The van der Waals surface area contributed by atoms with E-state index in [1.165, 1.54) is 6.07 Å². The fourth-order valence-electron chi connectivity index (χ4n) is 2.48. The molecule has 2 N–H and O–H groups in total. The summed E-state index contributed by atoms with van der Waals surface area (Å²) in [7, 11) is 0. The van der Waals surface area contributed by atoms with Crippen molar-refractivity contribution in [3.05, 3.63) is 35.4 Å². The van der Waals surface area contributed by atoms with Crippen molar-refractivity contribution in [2.75, 3.05) is 19.8 Å². The van der Waals surface area contributed by atoms with E-state index < -0.39 is 17.2 Å². The van der Waals surface area contributed by atoms with E-state index in [4.69, 9.17) is 4.74 Å². The molecule has 0 spiro atoms. The van der Waals surface area contributed by atoms with E-state index in [-0.39, 0.29) is 12.0 Å². The van der Waals surface area contributed by atoms with E-state index in [1.54, 1.807) is 6.07 Å². The molecule has 1 aliphatic heterocycles. The number of halogens is 2. The second-order valence-corrected chi connectivity index (χ2v) is 5.80. The second kappa shape index (κ2) is 6.16. The average molecular weight is 285 g/mol. The molecular formula is C15H21F2NO2. The van der Waals surface area contributed by atoms with Crippen LogP contribution in [0.15, 0.2) is 18.2 Å². The molecule has 1 aliphatic rings. The molecule has 1 heterocycles. The molecule has 0 bridgehead atoms. The maximum atomic E-state index is 13.3. The van der Waals surface area contributed by atoms with Gasteiger partial charge in [0.05, 0.1) is 6.61 Å². The van der Waals surface area contributed by atoms with Crippen LogP contribution in [0.4, 0.5) is 8.78 Å². The van der Waals surface area contributed by atoms with Crippen LogP contribution in [0.3, 0.4) is 0 Å². The van der Waals surface area contributed by atoms with E-state index in [2.05, 4.69) is 5.32 Å². The van der Waals surface area contributed by atoms with E-state index in [0.717, 1.165) is 6.07 Å². The molecule has 1 aromatic rings. The van der Waals surface area contributed by atoms with Crippen molar-refractivity contribution in [3.8, 4) is 0 Å². The van der Waals surface area contributed by atoms with E-state index in [9.17, 15) is 13.9 Å². The second-order valence-electron chi connectivity index (χ2n) is 5.80. The van der Waals surface area contributed by atoms with Crippen molar-refractivity contribution in [3.63, 3.8) is 0 Å². The van der Waals surface area contributed by atoms with Gasteiger partial charge in [-0.25, -0.2) is 8.78 Å². The summed E-state index contributed by atoms with van der Waals surface area (Å²) in [5.41, 5.74) is -0.187. The van der Waals surface area contributed by atoms with Crippen LogP contribution in [0.1, 0.15) is 31.9 Å². The molecule has 0 radical (unpaired) electrons. The van der Waals surface area contributed by atoms with Crippen LogP contribution in [0.25, 0.3) is 0 Å². The summed E-state index contributed by atoms with van der Waals surface area (Å²) in [4.78, 5) is 0. The number of hydrogen-bond donors (Lipinski definition) is 2. The monoisotopic (exact) mass is 285 g/mol. The third kappa shape index (κ3) is 3.53. The Hall–Kier alpha value is -1.04. The highest BCUT2D eigenvalue weighted by molar-refractivity contribution is 5.22. The Kier molecular flexibility index (Phi) is 4.73. The number of rotatable bonds is 5. The van der Waals surface area contributed by atoms with Crippen molar-refractivity contribution in [1.82, 2.24) is 5.32 Å². The quantitative estimate of drug-likeness (QED) is 0.873. The minimum Gasteiger partial charge on any atom is -0.386 e. The van der Waals surface area contributed by atoms with Gasteiger partial charge >= 0.3 is 0 Å². The molecule has 20 heavy (non-hydrogen) atoms. The highest BCUT2D eigenvalue weighted by Gasteiger charge is 2.33. The molecule has 1 fully saturated rings. The predicted molar refractivity (Wildman–Crippen MR) is 72.3 cm³/mol. The Morgan fingerprint density at radius 2 is 2.10 bits per heavy atom. The molecule has 2 atom stereocenters. The normalized spacial score (nSPS) is 24.3. The molecule has 2 rings (SSSR count). The lowest BCUT2D eigenvalue weighted by atomic mass is 9.94. The summed E-state index contributed by atoms with van der Waals surface area (Å²) in [5, 5.41) is 13.5. The molecule has 5 heteroatoms. The third-order valence-corrected chi connectivity index (χ3v) is 3.70. The Morgan fingerprint density at radius 3 is 2.65 bits per heavy atom. The molecule has 1 saturated heterocycles. The lowest BCUT2D eigenvalue weighted by Gasteiger charge is -2.28. The van der Waals surface area contributed by atoms with Crippen molar-refractivity contribution >= 4 is 0 Å². The summed E-state index contributed by atoms with van der Waals surface area (Å²) in [5.74, 6) is -1.51. The van der Waals surface area contributed by atoms with Gasteiger partial charge in [-0.3, -0.25) is 0 Å². The molecule has 0 saturated carbocycles. The number of ether oxygens (including phenoxy) is 1. The van der Waals surface area contributed by atoms with Crippen molar-refractivity contribution in [2.24, 2.45) is 5.92 Å². The summed E-state index contributed by atoms with van der Waals surface area (Å²) in [6.07, 6.45) is 0.586. The van der Waals surface area contributed by atoms with Crippen LogP contribution in [0, 0.1) is 17.6 Å². The van der Waals surface area contributed by atoms with Crippen molar-refractivity contribution in [1.29, 1.82) is 0 Å². The largest absolute Gasteiger partial charge is 0.386 e. The zero-order valence-electron chi connectivity index (χ0n) is 11.8. The first-order valence-electron chi connectivity index (χ1n) is 6.90. The van der Waals surface area contributed by atoms with E-state index in [0.29, 0.717) is 31.7 Å². The molecule has 0 amide bonds.